The van der Waals surface area contributed by atoms with Gasteiger partial charge in [-0.2, -0.15) is 21.0 Å². The maximum absolute atomic E-state index is 9.29. The molecule has 90 valence electrons. The summed E-state index contributed by atoms with van der Waals surface area (Å²) < 4.78 is 0. The molecule has 1 fully saturated rings. The number of hydrogen-bond acceptors (Lipinski definition) is 4. The maximum Gasteiger partial charge on any atom is 0.184 e. The van der Waals surface area contributed by atoms with Gasteiger partial charge in [-0.05, 0) is 12.0 Å². The van der Waals surface area contributed by atoms with Gasteiger partial charge in [-0.3, -0.25) is 0 Å². The van der Waals surface area contributed by atoms with E-state index in [4.69, 9.17) is 0 Å². The van der Waals surface area contributed by atoms with Crippen molar-refractivity contribution in [1.29, 1.82) is 21.0 Å². The van der Waals surface area contributed by atoms with E-state index in [9.17, 15) is 21.0 Å². The highest BCUT2D eigenvalue weighted by Crippen LogP contribution is 2.78. The molecule has 2 rings (SSSR count). The van der Waals surface area contributed by atoms with E-state index < -0.39 is 16.2 Å². The quantitative estimate of drug-likeness (QED) is 0.799. The van der Waals surface area contributed by atoms with Crippen molar-refractivity contribution in [2.75, 3.05) is 0 Å². The normalized spacial score (nSPS) is 20.1. The average Bonchev–Trinajstić information content (AvgIpc) is 2.92. The molecule has 4 nitrogen and oxygen atoms in total. The van der Waals surface area contributed by atoms with Crippen LogP contribution in [0.3, 0.4) is 0 Å². The third kappa shape index (κ3) is 1.18. The van der Waals surface area contributed by atoms with Crippen LogP contribution in [0.4, 0.5) is 0 Å². The second-order valence-corrected chi connectivity index (χ2v) is 4.94. The summed E-state index contributed by atoms with van der Waals surface area (Å²) in [5.41, 5.74) is -3.17. The van der Waals surface area contributed by atoms with Crippen molar-refractivity contribution < 1.29 is 0 Å². The summed E-state index contributed by atoms with van der Waals surface area (Å²) in [6.07, 6.45) is 0.357. The lowest BCUT2D eigenvalue weighted by molar-refractivity contribution is 0.469. The maximum atomic E-state index is 9.29. The highest BCUT2D eigenvalue weighted by Gasteiger charge is 2.89. The van der Waals surface area contributed by atoms with Crippen molar-refractivity contribution in [3.05, 3.63) is 35.9 Å². The molecule has 0 atom stereocenters. The molecule has 19 heavy (non-hydrogen) atoms. The first-order valence-corrected chi connectivity index (χ1v) is 5.76. The predicted octanol–water partition coefficient (Wildman–Crippen LogP) is 2.32. The van der Waals surface area contributed by atoms with E-state index in [1.165, 1.54) is 0 Å². The van der Waals surface area contributed by atoms with E-state index in [2.05, 4.69) is 0 Å². The predicted molar refractivity (Wildman–Crippen MR) is 65.6 cm³/mol. The number of nitriles is 4. The van der Waals surface area contributed by atoms with Crippen molar-refractivity contribution in [3.8, 4) is 24.3 Å². The Balaban J connectivity index is 2.52. The van der Waals surface area contributed by atoms with Crippen LogP contribution in [0.5, 0.6) is 0 Å². The zero-order valence-corrected chi connectivity index (χ0v) is 10.4. The van der Waals surface area contributed by atoms with E-state index in [0.717, 1.165) is 5.56 Å². The van der Waals surface area contributed by atoms with Crippen LogP contribution in [-0.4, -0.2) is 0 Å². The minimum atomic E-state index is -1.56. The summed E-state index contributed by atoms with van der Waals surface area (Å²) in [5.74, 6) is 0. The average molecular weight is 246 g/mol. The fourth-order valence-electron chi connectivity index (χ4n) is 2.93. The Morgan fingerprint density at radius 2 is 1.26 bits per heavy atom. The van der Waals surface area contributed by atoms with Gasteiger partial charge >= 0.3 is 0 Å². The zero-order valence-electron chi connectivity index (χ0n) is 10.4. The summed E-state index contributed by atoms with van der Waals surface area (Å²) in [6, 6.07) is 16.9. The summed E-state index contributed by atoms with van der Waals surface area (Å²) in [6.45, 7) is 1.67. The largest absolute Gasteiger partial charge is 0.196 e. The van der Waals surface area contributed by atoms with E-state index in [1.807, 2.05) is 54.6 Å². The SMILES string of the molecule is CC1(Cc2ccccc2)C(C#N)(C#N)C1(C#N)C#N. The molecule has 0 spiro atoms. The first-order valence-electron chi connectivity index (χ1n) is 5.76. The molecule has 0 saturated heterocycles. The minimum absolute atomic E-state index is 0.357. The Kier molecular flexibility index (Phi) is 2.56. The summed E-state index contributed by atoms with van der Waals surface area (Å²) in [4.78, 5) is 0. The lowest BCUT2D eigenvalue weighted by atomic mass is 9.89. The van der Waals surface area contributed by atoms with Gasteiger partial charge in [0.2, 0.25) is 0 Å². The molecule has 0 aromatic heterocycles. The third-order valence-electron chi connectivity index (χ3n) is 4.23. The smallest absolute Gasteiger partial charge is 0.184 e. The van der Waals surface area contributed by atoms with E-state index >= 15 is 0 Å². The lowest BCUT2D eigenvalue weighted by Gasteiger charge is -2.11. The molecular weight excluding hydrogens is 236 g/mol. The van der Waals surface area contributed by atoms with Crippen molar-refractivity contribution in [3.63, 3.8) is 0 Å². The van der Waals surface area contributed by atoms with Gasteiger partial charge in [-0.1, -0.05) is 37.3 Å². The standard InChI is InChI=1S/C15H10N4/c1-13(7-12-5-3-2-4-6-12)14(8-16,9-17)15(13,10-18)11-19/h2-6H,7H2,1H3. The zero-order chi connectivity index (χ0) is 14.1. The molecule has 0 radical (unpaired) electrons. The van der Waals surface area contributed by atoms with Crippen LogP contribution < -0.4 is 0 Å². The number of benzene rings is 1. The topological polar surface area (TPSA) is 95.2 Å². The molecule has 1 saturated carbocycles. The molecule has 0 N–H and O–H groups in total. The second kappa shape index (κ2) is 3.84. The fourth-order valence-corrected chi connectivity index (χ4v) is 2.93. The monoisotopic (exact) mass is 246 g/mol. The molecule has 4 heteroatoms. The van der Waals surface area contributed by atoms with Gasteiger partial charge in [-0.15, -0.1) is 0 Å². The molecule has 1 aromatic rings. The van der Waals surface area contributed by atoms with Gasteiger partial charge in [-0.25, -0.2) is 0 Å². The first-order chi connectivity index (χ1) is 9.07. The van der Waals surface area contributed by atoms with Gasteiger partial charge < -0.3 is 0 Å². The Bertz CT molecular complexity index is 610. The summed E-state index contributed by atoms with van der Waals surface area (Å²) in [5, 5.41) is 37.2. The number of nitrogens with zero attached hydrogens (tertiary/aromatic N) is 4. The van der Waals surface area contributed by atoms with Gasteiger partial charge in [0.1, 0.15) is 0 Å². The molecular formula is C15H10N4. The van der Waals surface area contributed by atoms with Crippen molar-refractivity contribution >= 4 is 0 Å². The number of rotatable bonds is 2. The summed E-state index contributed by atoms with van der Waals surface area (Å²) in [7, 11) is 0. The number of hydrogen-bond donors (Lipinski definition) is 0. The first kappa shape index (κ1) is 12.6. The Morgan fingerprint density at radius 3 is 1.63 bits per heavy atom. The molecule has 0 unspecified atom stereocenters. The fraction of sp³-hybridized carbons (Fsp3) is 0.333. The second-order valence-electron chi connectivity index (χ2n) is 4.94. The van der Waals surface area contributed by atoms with Gasteiger partial charge in [0, 0.05) is 5.41 Å². The van der Waals surface area contributed by atoms with Crippen LogP contribution in [0.2, 0.25) is 0 Å². The van der Waals surface area contributed by atoms with Crippen molar-refractivity contribution in [2.45, 2.75) is 13.3 Å². The lowest BCUT2D eigenvalue weighted by Crippen LogP contribution is -2.11. The third-order valence-corrected chi connectivity index (χ3v) is 4.23. The van der Waals surface area contributed by atoms with E-state index in [0.29, 0.717) is 6.42 Å². The van der Waals surface area contributed by atoms with Gasteiger partial charge in [0.15, 0.2) is 10.8 Å². The minimum Gasteiger partial charge on any atom is -0.196 e. The molecule has 1 aliphatic carbocycles. The molecule has 0 aliphatic heterocycles. The van der Waals surface area contributed by atoms with Crippen LogP contribution >= 0.6 is 0 Å². The van der Waals surface area contributed by atoms with Crippen molar-refractivity contribution in [2.24, 2.45) is 16.2 Å². The van der Waals surface area contributed by atoms with Crippen LogP contribution in [0, 0.1) is 61.6 Å². The molecule has 0 bridgehead atoms. The van der Waals surface area contributed by atoms with E-state index in [-0.39, 0.29) is 0 Å². The van der Waals surface area contributed by atoms with Crippen LogP contribution in [0.15, 0.2) is 30.3 Å². The Hall–Kier alpha value is -2.82. The van der Waals surface area contributed by atoms with Gasteiger partial charge in [0.25, 0.3) is 0 Å². The highest BCUT2D eigenvalue weighted by atomic mass is 14.8. The van der Waals surface area contributed by atoms with Crippen LogP contribution in [0.25, 0.3) is 0 Å². The molecule has 1 aromatic carbocycles. The van der Waals surface area contributed by atoms with Gasteiger partial charge in [0.05, 0.1) is 24.3 Å². The summed E-state index contributed by atoms with van der Waals surface area (Å²) >= 11 is 0. The molecule has 0 amide bonds. The Morgan fingerprint density at radius 1 is 0.842 bits per heavy atom. The van der Waals surface area contributed by atoms with Crippen LogP contribution in [0.1, 0.15) is 12.5 Å². The Labute approximate surface area is 111 Å². The molecule has 0 heterocycles. The highest BCUT2D eigenvalue weighted by molar-refractivity contribution is 5.56. The van der Waals surface area contributed by atoms with E-state index in [1.54, 1.807) is 6.92 Å². The molecule has 1 aliphatic rings. The van der Waals surface area contributed by atoms with Crippen molar-refractivity contribution in [1.82, 2.24) is 0 Å². The van der Waals surface area contributed by atoms with Crippen LogP contribution in [-0.2, 0) is 6.42 Å².